The molecule has 1 aliphatic heterocycles. The van der Waals surface area contributed by atoms with Crippen molar-refractivity contribution in [1.82, 2.24) is 29.5 Å². The summed E-state index contributed by atoms with van der Waals surface area (Å²) in [5.74, 6) is -0.00765. The highest BCUT2D eigenvalue weighted by molar-refractivity contribution is 5.92. The summed E-state index contributed by atoms with van der Waals surface area (Å²) in [6.07, 6.45) is -2.06. The number of carbonyl (C=O) groups excluding carboxylic acids is 1. The van der Waals surface area contributed by atoms with Gasteiger partial charge in [0.15, 0.2) is 0 Å². The van der Waals surface area contributed by atoms with Crippen LogP contribution >= 0.6 is 0 Å². The first-order chi connectivity index (χ1) is 13.6. The highest BCUT2D eigenvalue weighted by Crippen LogP contribution is 2.29. The zero-order valence-corrected chi connectivity index (χ0v) is 16.2. The van der Waals surface area contributed by atoms with Gasteiger partial charge in [-0.2, -0.15) is 18.3 Å². The number of nitrogens with one attached hydrogen (secondary N) is 1. The van der Waals surface area contributed by atoms with Crippen LogP contribution in [-0.2, 0) is 25.7 Å². The standard InChI is InChI=1S/C18H23F3N6O2/c1-25(2)9-10-27-17(29)26-8-6-13(3-4-15(26)24-27)23-16(28)14-11-12(5-7-22-14)18(19,20)21/h5,7,11,13H,3-4,6,8-10H2,1-2H3,(H,23,28). The molecule has 0 bridgehead atoms. The summed E-state index contributed by atoms with van der Waals surface area (Å²) in [6, 6.07) is 1.28. The smallest absolute Gasteiger partial charge is 0.348 e. The van der Waals surface area contributed by atoms with E-state index in [4.69, 9.17) is 0 Å². The van der Waals surface area contributed by atoms with E-state index in [0.29, 0.717) is 44.7 Å². The van der Waals surface area contributed by atoms with E-state index in [9.17, 15) is 22.8 Å². The number of aromatic nitrogens is 4. The molecule has 0 fully saturated rings. The average molecular weight is 412 g/mol. The van der Waals surface area contributed by atoms with Crippen LogP contribution in [0.15, 0.2) is 23.1 Å². The normalized spacial score (nSPS) is 17.1. The minimum Gasteiger partial charge on any atom is -0.348 e. The van der Waals surface area contributed by atoms with E-state index in [1.807, 2.05) is 19.0 Å². The second-order valence-corrected chi connectivity index (χ2v) is 7.30. The van der Waals surface area contributed by atoms with Gasteiger partial charge in [-0.1, -0.05) is 0 Å². The lowest BCUT2D eigenvalue weighted by molar-refractivity contribution is -0.137. The van der Waals surface area contributed by atoms with Crippen LogP contribution in [0.5, 0.6) is 0 Å². The number of hydrogen-bond acceptors (Lipinski definition) is 5. The largest absolute Gasteiger partial charge is 0.416 e. The molecule has 0 aliphatic carbocycles. The third-order valence-corrected chi connectivity index (χ3v) is 4.83. The van der Waals surface area contributed by atoms with Crippen molar-refractivity contribution in [2.24, 2.45) is 0 Å². The monoisotopic (exact) mass is 412 g/mol. The summed E-state index contributed by atoms with van der Waals surface area (Å²) in [7, 11) is 3.83. The molecule has 0 spiro atoms. The topological polar surface area (TPSA) is 85.0 Å². The second-order valence-electron chi connectivity index (χ2n) is 7.30. The number of fused-ring (bicyclic) bond motifs is 1. The number of halogens is 3. The number of amides is 1. The van der Waals surface area contributed by atoms with Crippen LogP contribution in [0, 0.1) is 0 Å². The first-order valence-corrected chi connectivity index (χ1v) is 9.30. The molecule has 2 aromatic rings. The third kappa shape index (κ3) is 5.03. The maximum absolute atomic E-state index is 12.8. The molecule has 0 radical (unpaired) electrons. The maximum Gasteiger partial charge on any atom is 0.416 e. The molecule has 3 heterocycles. The molecule has 1 aliphatic rings. The van der Waals surface area contributed by atoms with Gasteiger partial charge in [-0.15, -0.1) is 0 Å². The molecule has 0 aromatic carbocycles. The summed E-state index contributed by atoms with van der Waals surface area (Å²) in [5.41, 5.74) is -1.39. The summed E-state index contributed by atoms with van der Waals surface area (Å²) in [5, 5.41) is 7.11. The molecule has 0 saturated heterocycles. The highest BCUT2D eigenvalue weighted by Gasteiger charge is 2.31. The molecular formula is C18H23F3N6O2. The van der Waals surface area contributed by atoms with E-state index in [1.54, 1.807) is 4.57 Å². The molecule has 1 unspecified atom stereocenters. The lowest BCUT2D eigenvalue weighted by Crippen LogP contribution is -2.36. The van der Waals surface area contributed by atoms with Crippen molar-refractivity contribution in [2.45, 2.75) is 44.6 Å². The molecule has 3 rings (SSSR count). The minimum absolute atomic E-state index is 0.187. The zero-order chi connectivity index (χ0) is 21.2. The Hall–Kier alpha value is -2.69. The molecule has 1 amide bonds. The lowest BCUT2D eigenvalue weighted by atomic mass is 10.1. The van der Waals surface area contributed by atoms with Crippen molar-refractivity contribution in [2.75, 3.05) is 20.6 Å². The fraction of sp³-hybridized carbons (Fsp3) is 0.556. The van der Waals surface area contributed by atoms with Crippen molar-refractivity contribution in [3.8, 4) is 0 Å². The Balaban J connectivity index is 1.65. The van der Waals surface area contributed by atoms with Crippen molar-refractivity contribution >= 4 is 5.91 Å². The van der Waals surface area contributed by atoms with Crippen molar-refractivity contribution in [3.63, 3.8) is 0 Å². The third-order valence-electron chi connectivity index (χ3n) is 4.83. The van der Waals surface area contributed by atoms with Gasteiger partial charge < -0.3 is 10.2 Å². The molecule has 8 nitrogen and oxygen atoms in total. The fourth-order valence-electron chi connectivity index (χ4n) is 3.20. The number of hydrogen-bond donors (Lipinski definition) is 1. The maximum atomic E-state index is 12.8. The molecule has 0 saturated carbocycles. The van der Waals surface area contributed by atoms with Gasteiger partial charge in [0.25, 0.3) is 5.91 Å². The summed E-state index contributed by atoms with van der Waals surface area (Å²) in [4.78, 5) is 30.6. The predicted octanol–water partition coefficient (Wildman–Crippen LogP) is 1.16. The van der Waals surface area contributed by atoms with Crippen LogP contribution in [0.4, 0.5) is 13.2 Å². The Morgan fingerprint density at radius 1 is 1.34 bits per heavy atom. The van der Waals surface area contributed by atoms with Gasteiger partial charge in [-0.3, -0.25) is 14.3 Å². The Morgan fingerprint density at radius 2 is 2.10 bits per heavy atom. The molecule has 29 heavy (non-hydrogen) atoms. The van der Waals surface area contributed by atoms with E-state index in [2.05, 4.69) is 15.4 Å². The molecule has 11 heteroatoms. The Kier molecular flexibility index (Phi) is 6.06. The van der Waals surface area contributed by atoms with E-state index in [1.165, 1.54) is 4.68 Å². The number of likely N-dealkylation sites (N-methyl/N-ethyl adjacent to an activating group) is 1. The summed E-state index contributed by atoms with van der Waals surface area (Å²) in [6.45, 7) is 1.57. The minimum atomic E-state index is -4.54. The lowest BCUT2D eigenvalue weighted by Gasteiger charge is -2.16. The van der Waals surface area contributed by atoms with Crippen molar-refractivity contribution in [1.29, 1.82) is 0 Å². The van der Waals surface area contributed by atoms with Crippen LogP contribution in [0.2, 0.25) is 0 Å². The predicted molar refractivity (Wildman–Crippen MR) is 98.5 cm³/mol. The summed E-state index contributed by atoms with van der Waals surface area (Å²) >= 11 is 0. The van der Waals surface area contributed by atoms with Gasteiger partial charge in [0.05, 0.1) is 12.1 Å². The van der Waals surface area contributed by atoms with E-state index in [-0.39, 0.29) is 17.4 Å². The zero-order valence-electron chi connectivity index (χ0n) is 16.2. The van der Waals surface area contributed by atoms with Crippen LogP contribution in [0.25, 0.3) is 0 Å². The van der Waals surface area contributed by atoms with Crippen molar-refractivity contribution < 1.29 is 18.0 Å². The van der Waals surface area contributed by atoms with Gasteiger partial charge in [0, 0.05) is 31.7 Å². The number of nitrogens with zero attached hydrogens (tertiary/aromatic N) is 5. The Morgan fingerprint density at radius 3 is 2.79 bits per heavy atom. The van der Waals surface area contributed by atoms with E-state index in [0.717, 1.165) is 18.3 Å². The van der Waals surface area contributed by atoms with Crippen molar-refractivity contribution in [3.05, 3.63) is 45.9 Å². The van der Waals surface area contributed by atoms with Crippen LogP contribution in [-0.4, -0.2) is 56.8 Å². The van der Waals surface area contributed by atoms with Crippen LogP contribution < -0.4 is 11.0 Å². The quantitative estimate of drug-likeness (QED) is 0.797. The first kappa shape index (κ1) is 21.0. The highest BCUT2D eigenvalue weighted by atomic mass is 19.4. The second kappa shape index (κ2) is 8.36. The van der Waals surface area contributed by atoms with Crippen LogP contribution in [0.3, 0.4) is 0 Å². The van der Waals surface area contributed by atoms with Gasteiger partial charge >= 0.3 is 11.9 Å². The van der Waals surface area contributed by atoms with E-state index < -0.39 is 17.6 Å². The molecule has 2 aromatic heterocycles. The number of rotatable bonds is 5. The molecule has 1 atom stereocenters. The Labute approximate surface area is 165 Å². The Bertz CT molecular complexity index is 934. The van der Waals surface area contributed by atoms with E-state index >= 15 is 0 Å². The molecule has 158 valence electrons. The number of aryl methyl sites for hydroxylation is 1. The van der Waals surface area contributed by atoms with Gasteiger partial charge in [-0.05, 0) is 39.1 Å². The molecular weight excluding hydrogens is 389 g/mol. The van der Waals surface area contributed by atoms with Gasteiger partial charge in [-0.25, -0.2) is 9.48 Å². The first-order valence-electron chi connectivity index (χ1n) is 9.30. The van der Waals surface area contributed by atoms with Gasteiger partial charge in [0.2, 0.25) is 0 Å². The molecule has 1 N–H and O–H groups in total. The average Bonchev–Trinajstić information content (AvgIpc) is 2.82. The fourth-order valence-corrected chi connectivity index (χ4v) is 3.20. The van der Waals surface area contributed by atoms with Gasteiger partial charge in [0.1, 0.15) is 11.5 Å². The number of carbonyl (C=O) groups is 1. The van der Waals surface area contributed by atoms with Crippen LogP contribution in [0.1, 0.15) is 34.7 Å². The summed E-state index contributed by atoms with van der Waals surface area (Å²) < 4.78 is 41.5. The number of alkyl halides is 3. The SMILES string of the molecule is CN(C)CCn1nc2n(c1=O)CCC(NC(=O)c1cc(C(F)(F)F)ccn1)CC2. The number of pyridine rings is 1.